The number of anilines is 1. The van der Waals surface area contributed by atoms with Gasteiger partial charge < -0.3 is 19.7 Å². The minimum Gasteiger partial charge on any atom is -0.454 e. The molecule has 3 aromatic carbocycles. The van der Waals surface area contributed by atoms with Crippen LogP contribution in [0.4, 0.5) is 5.69 Å². The molecule has 2 amide bonds. The van der Waals surface area contributed by atoms with Gasteiger partial charge in [0, 0.05) is 43.0 Å². The minimum absolute atomic E-state index is 0.0534. The zero-order chi connectivity index (χ0) is 29.4. The lowest BCUT2D eigenvalue weighted by atomic mass is 10.0. The van der Waals surface area contributed by atoms with Crippen LogP contribution in [-0.2, 0) is 32.6 Å². The first kappa shape index (κ1) is 30.4. The zero-order valence-corrected chi connectivity index (χ0v) is 25.5. The Morgan fingerprint density at radius 3 is 2.37 bits per heavy atom. The number of sulfonamides is 1. The van der Waals surface area contributed by atoms with Crippen molar-refractivity contribution in [3.63, 3.8) is 0 Å². The van der Waals surface area contributed by atoms with Crippen LogP contribution in [0.3, 0.4) is 0 Å². The monoisotopic (exact) mass is 643 g/mol. The maximum atomic E-state index is 13.8. The summed E-state index contributed by atoms with van der Waals surface area (Å²) in [5, 5.41) is 2.88. The first-order chi connectivity index (χ1) is 19.7. The topological polar surface area (TPSA) is 105 Å². The molecule has 1 aliphatic heterocycles. The summed E-state index contributed by atoms with van der Waals surface area (Å²) >= 11 is 3.44. The van der Waals surface area contributed by atoms with Gasteiger partial charge >= 0.3 is 0 Å². The van der Waals surface area contributed by atoms with Crippen LogP contribution in [0.1, 0.15) is 30.9 Å². The standard InChI is InChI=1S/C30H34BrN3O6S/c1-3-32-30(36)26(18-22-8-5-4-6-9-22)33(20-23-11-13-24(31)14-12-23)29(35)10-7-17-34(41(2,37)38)25-15-16-27-28(19-25)40-21-39-27/h4-6,8-9,11-16,19,26H,3,7,10,17-18,20-21H2,1-2H3,(H,32,36)/t26-/m1/s1. The Morgan fingerprint density at radius 2 is 1.68 bits per heavy atom. The first-order valence-electron chi connectivity index (χ1n) is 13.4. The molecule has 0 saturated carbocycles. The van der Waals surface area contributed by atoms with Gasteiger partial charge in [-0.1, -0.05) is 58.4 Å². The molecule has 218 valence electrons. The molecular weight excluding hydrogens is 610 g/mol. The van der Waals surface area contributed by atoms with Gasteiger partial charge in [0.25, 0.3) is 0 Å². The van der Waals surface area contributed by atoms with Crippen molar-refractivity contribution >= 4 is 43.5 Å². The van der Waals surface area contributed by atoms with Crippen LogP contribution >= 0.6 is 15.9 Å². The van der Waals surface area contributed by atoms with Gasteiger partial charge in [-0.25, -0.2) is 8.42 Å². The van der Waals surface area contributed by atoms with Gasteiger partial charge in [0.2, 0.25) is 28.6 Å². The molecule has 41 heavy (non-hydrogen) atoms. The number of hydrogen-bond donors (Lipinski definition) is 1. The number of benzene rings is 3. The van der Waals surface area contributed by atoms with E-state index in [1.54, 1.807) is 23.1 Å². The van der Waals surface area contributed by atoms with E-state index in [0.29, 0.717) is 30.2 Å². The average Bonchev–Trinajstić information content (AvgIpc) is 3.42. The molecule has 0 saturated heterocycles. The van der Waals surface area contributed by atoms with Crippen molar-refractivity contribution in [2.75, 3.05) is 30.4 Å². The predicted octanol–water partition coefficient (Wildman–Crippen LogP) is 4.50. The lowest BCUT2D eigenvalue weighted by Crippen LogP contribution is -2.50. The third kappa shape index (κ3) is 8.23. The number of nitrogens with zero attached hydrogens (tertiary/aromatic N) is 2. The summed E-state index contributed by atoms with van der Waals surface area (Å²) in [6.45, 7) is 2.67. The number of fused-ring (bicyclic) bond motifs is 1. The summed E-state index contributed by atoms with van der Waals surface area (Å²) in [6, 6.07) is 21.4. The van der Waals surface area contributed by atoms with Gasteiger partial charge in [-0.3, -0.25) is 13.9 Å². The van der Waals surface area contributed by atoms with Crippen LogP contribution in [-0.4, -0.2) is 57.3 Å². The highest BCUT2D eigenvalue weighted by atomic mass is 79.9. The Hall–Kier alpha value is -3.57. The second kappa shape index (κ2) is 13.9. The number of carbonyl (C=O) groups excluding carboxylic acids is 2. The second-order valence-electron chi connectivity index (χ2n) is 9.72. The fraction of sp³-hybridized carbons (Fsp3) is 0.333. The molecule has 0 radical (unpaired) electrons. The van der Waals surface area contributed by atoms with Crippen molar-refractivity contribution in [3.05, 3.63) is 88.4 Å². The van der Waals surface area contributed by atoms with E-state index in [0.717, 1.165) is 21.9 Å². The highest BCUT2D eigenvalue weighted by Gasteiger charge is 2.30. The number of nitrogens with one attached hydrogen (secondary N) is 1. The van der Waals surface area contributed by atoms with Gasteiger partial charge in [-0.15, -0.1) is 0 Å². The summed E-state index contributed by atoms with van der Waals surface area (Å²) in [7, 11) is -3.64. The second-order valence-corrected chi connectivity index (χ2v) is 12.5. The van der Waals surface area contributed by atoms with E-state index in [9.17, 15) is 18.0 Å². The van der Waals surface area contributed by atoms with Crippen LogP contribution < -0.4 is 19.1 Å². The van der Waals surface area contributed by atoms with Crippen LogP contribution in [0.5, 0.6) is 11.5 Å². The molecule has 1 atom stereocenters. The number of hydrogen-bond acceptors (Lipinski definition) is 6. The van der Waals surface area contributed by atoms with Crippen molar-refractivity contribution in [1.29, 1.82) is 0 Å². The third-order valence-corrected chi connectivity index (χ3v) is 8.41. The molecule has 11 heteroatoms. The quantitative estimate of drug-likeness (QED) is 0.294. The van der Waals surface area contributed by atoms with Crippen molar-refractivity contribution in [2.24, 2.45) is 0 Å². The maximum Gasteiger partial charge on any atom is 0.243 e. The Labute approximate surface area is 249 Å². The van der Waals surface area contributed by atoms with Crippen molar-refractivity contribution in [2.45, 2.75) is 38.8 Å². The molecule has 0 aromatic heterocycles. The predicted molar refractivity (Wildman–Crippen MR) is 161 cm³/mol. The molecule has 0 spiro atoms. The third-order valence-electron chi connectivity index (χ3n) is 6.68. The highest BCUT2D eigenvalue weighted by Crippen LogP contribution is 2.36. The number of halogens is 1. The smallest absolute Gasteiger partial charge is 0.243 e. The van der Waals surface area contributed by atoms with Gasteiger partial charge in [-0.2, -0.15) is 0 Å². The number of likely N-dealkylation sites (N-methyl/N-ethyl adjacent to an activating group) is 1. The van der Waals surface area contributed by atoms with Gasteiger partial charge in [0.05, 0.1) is 11.9 Å². The van der Waals surface area contributed by atoms with Crippen molar-refractivity contribution < 1.29 is 27.5 Å². The summed E-state index contributed by atoms with van der Waals surface area (Å²) in [6.07, 6.45) is 1.79. The number of amides is 2. The summed E-state index contributed by atoms with van der Waals surface area (Å²) in [5.41, 5.74) is 2.24. The summed E-state index contributed by atoms with van der Waals surface area (Å²) < 4.78 is 38.3. The molecule has 3 aromatic rings. The lowest BCUT2D eigenvalue weighted by Gasteiger charge is -2.32. The Balaban J connectivity index is 1.55. The molecule has 0 unspecified atom stereocenters. The van der Waals surface area contributed by atoms with Gasteiger partial charge in [-0.05, 0) is 48.7 Å². The summed E-state index contributed by atoms with van der Waals surface area (Å²) in [5.74, 6) is 0.550. The van der Waals surface area contributed by atoms with Crippen LogP contribution in [0.15, 0.2) is 77.3 Å². The Morgan fingerprint density at radius 1 is 0.976 bits per heavy atom. The Bertz CT molecular complexity index is 1450. The van der Waals surface area contributed by atoms with E-state index >= 15 is 0 Å². The number of carbonyl (C=O) groups is 2. The first-order valence-corrected chi connectivity index (χ1v) is 16.0. The van der Waals surface area contributed by atoms with Crippen molar-refractivity contribution in [3.8, 4) is 11.5 Å². The lowest BCUT2D eigenvalue weighted by molar-refractivity contribution is -0.141. The molecule has 1 heterocycles. The molecule has 0 bridgehead atoms. The average molecular weight is 645 g/mol. The fourth-order valence-corrected chi connectivity index (χ4v) is 5.90. The molecule has 0 aliphatic carbocycles. The fourth-order valence-electron chi connectivity index (χ4n) is 4.68. The molecule has 9 nitrogen and oxygen atoms in total. The highest BCUT2D eigenvalue weighted by molar-refractivity contribution is 9.10. The molecule has 1 aliphatic rings. The van der Waals surface area contributed by atoms with Crippen molar-refractivity contribution in [1.82, 2.24) is 10.2 Å². The van der Waals surface area contributed by atoms with E-state index in [1.807, 2.05) is 61.5 Å². The minimum atomic E-state index is -3.64. The van der Waals surface area contributed by atoms with Crippen LogP contribution in [0, 0.1) is 0 Å². The molecular formula is C30H34BrN3O6S. The van der Waals surface area contributed by atoms with Gasteiger partial charge in [0.15, 0.2) is 11.5 Å². The number of ether oxygens (including phenoxy) is 2. The molecule has 1 N–H and O–H groups in total. The summed E-state index contributed by atoms with van der Waals surface area (Å²) in [4.78, 5) is 28.7. The van der Waals surface area contributed by atoms with E-state index in [4.69, 9.17) is 9.47 Å². The Kier molecular flexibility index (Phi) is 10.3. The SMILES string of the molecule is CCNC(=O)[C@@H](Cc1ccccc1)N(Cc1ccc(Br)cc1)C(=O)CCCN(c1ccc2c(c1)OCO2)S(C)(=O)=O. The van der Waals surface area contributed by atoms with E-state index in [-0.39, 0.29) is 44.5 Å². The largest absolute Gasteiger partial charge is 0.454 e. The maximum absolute atomic E-state index is 13.8. The van der Waals surface area contributed by atoms with Crippen LogP contribution in [0.2, 0.25) is 0 Å². The van der Waals surface area contributed by atoms with E-state index in [1.165, 1.54) is 4.31 Å². The van der Waals surface area contributed by atoms with E-state index < -0.39 is 16.1 Å². The normalized spacial score (nSPS) is 13.0. The zero-order valence-electron chi connectivity index (χ0n) is 23.1. The number of rotatable bonds is 13. The van der Waals surface area contributed by atoms with Crippen LogP contribution in [0.25, 0.3) is 0 Å². The van der Waals surface area contributed by atoms with Gasteiger partial charge in [0.1, 0.15) is 6.04 Å². The molecule has 4 rings (SSSR count). The van der Waals surface area contributed by atoms with E-state index in [2.05, 4.69) is 21.2 Å². The molecule has 0 fully saturated rings.